The third-order valence-corrected chi connectivity index (χ3v) is 3.26. The molecule has 6 heteroatoms. The Morgan fingerprint density at radius 1 is 0.958 bits per heavy atom. The van der Waals surface area contributed by atoms with Crippen molar-refractivity contribution < 1.29 is 19.1 Å². The van der Waals surface area contributed by atoms with Gasteiger partial charge in [0.05, 0.1) is 24.7 Å². The minimum atomic E-state index is -0.433. The average molecular weight is 331 g/mol. The molecule has 0 unspecified atom stereocenters. The molecule has 0 saturated heterocycles. The SMILES string of the molecule is CCOc1ccccc1OCCCOc1ccc(C)cc1[N+](=O)[O-]. The van der Waals surface area contributed by atoms with Crippen LogP contribution in [0.2, 0.25) is 0 Å². The molecule has 2 aromatic rings. The van der Waals surface area contributed by atoms with Gasteiger partial charge in [0.15, 0.2) is 17.2 Å². The summed E-state index contributed by atoms with van der Waals surface area (Å²) in [5, 5.41) is 11.0. The minimum Gasteiger partial charge on any atom is -0.490 e. The van der Waals surface area contributed by atoms with Gasteiger partial charge in [0.25, 0.3) is 0 Å². The number of hydrogen-bond donors (Lipinski definition) is 0. The zero-order chi connectivity index (χ0) is 17.4. The molecular formula is C18H21NO5. The van der Waals surface area contributed by atoms with Crippen molar-refractivity contribution in [2.24, 2.45) is 0 Å². The highest BCUT2D eigenvalue weighted by atomic mass is 16.6. The number of nitro groups is 1. The van der Waals surface area contributed by atoms with E-state index in [0.29, 0.717) is 37.7 Å². The molecule has 0 N–H and O–H groups in total. The van der Waals surface area contributed by atoms with Gasteiger partial charge in [-0.3, -0.25) is 10.1 Å². The molecule has 0 heterocycles. The molecule has 0 bridgehead atoms. The summed E-state index contributed by atoms with van der Waals surface area (Å²) in [4.78, 5) is 10.6. The van der Waals surface area contributed by atoms with Crippen LogP contribution >= 0.6 is 0 Å². The number of aryl methyl sites for hydroxylation is 1. The monoisotopic (exact) mass is 331 g/mol. The van der Waals surface area contributed by atoms with Crippen molar-refractivity contribution in [3.05, 3.63) is 58.1 Å². The molecule has 0 aliphatic heterocycles. The lowest BCUT2D eigenvalue weighted by Crippen LogP contribution is -2.07. The van der Waals surface area contributed by atoms with E-state index in [1.165, 1.54) is 6.07 Å². The third-order valence-electron chi connectivity index (χ3n) is 3.26. The van der Waals surface area contributed by atoms with Crippen molar-refractivity contribution >= 4 is 5.69 Å². The first-order valence-electron chi connectivity index (χ1n) is 7.84. The topological polar surface area (TPSA) is 70.8 Å². The molecule has 24 heavy (non-hydrogen) atoms. The normalized spacial score (nSPS) is 10.2. The number of nitrogens with zero attached hydrogens (tertiary/aromatic N) is 1. The summed E-state index contributed by atoms with van der Waals surface area (Å²) >= 11 is 0. The van der Waals surface area contributed by atoms with Crippen molar-refractivity contribution in [3.63, 3.8) is 0 Å². The number of ether oxygens (including phenoxy) is 3. The van der Waals surface area contributed by atoms with E-state index in [1.54, 1.807) is 19.1 Å². The van der Waals surface area contributed by atoms with Gasteiger partial charge in [0.2, 0.25) is 0 Å². The molecule has 128 valence electrons. The first-order valence-corrected chi connectivity index (χ1v) is 7.84. The second kappa shape index (κ2) is 8.76. The van der Waals surface area contributed by atoms with Gasteiger partial charge in [-0.05, 0) is 37.6 Å². The molecule has 0 aromatic heterocycles. The number of nitro benzene ring substituents is 1. The van der Waals surface area contributed by atoms with Crippen LogP contribution in [0.5, 0.6) is 17.2 Å². The smallest absolute Gasteiger partial charge is 0.311 e. The average Bonchev–Trinajstić information content (AvgIpc) is 2.57. The number of benzene rings is 2. The van der Waals surface area contributed by atoms with Crippen LogP contribution < -0.4 is 14.2 Å². The predicted octanol–water partition coefficient (Wildman–Crippen LogP) is 4.15. The molecule has 0 amide bonds. The summed E-state index contributed by atoms with van der Waals surface area (Å²) in [7, 11) is 0. The number of para-hydroxylation sites is 2. The summed E-state index contributed by atoms with van der Waals surface area (Å²) in [5.41, 5.74) is 0.808. The minimum absolute atomic E-state index is 0.0161. The van der Waals surface area contributed by atoms with E-state index in [4.69, 9.17) is 14.2 Å². The quantitative estimate of drug-likeness (QED) is 0.392. The fraction of sp³-hybridized carbons (Fsp3) is 0.333. The Balaban J connectivity index is 1.83. The summed E-state index contributed by atoms with van der Waals surface area (Å²) in [6.45, 7) is 5.06. The van der Waals surface area contributed by atoms with Gasteiger partial charge in [0, 0.05) is 12.5 Å². The van der Waals surface area contributed by atoms with Gasteiger partial charge in [0.1, 0.15) is 0 Å². The number of rotatable bonds is 9. The molecule has 0 aliphatic rings. The maximum Gasteiger partial charge on any atom is 0.311 e. The Hall–Kier alpha value is -2.76. The summed E-state index contributed by atoms with van der Waals surface area (Å²) in [6, 6.07) is 12.4. The van der Waals surface area contributed by atoms with Crippen LogP contribution in [0.4, 0.5) is 5.69 Å². The van der Waals surface area contributed by atoms with E-state index in [9.17, 15) is 10.1 Å². The molecular weight excluding hydrogens is 310 g/mol. The van der Waals surface area contributed by atoms with Crippen LogP contribution in [0, 0.1) is 17.0 Å². The molecule has 0 aliphatic carbocycles. The Morgan fingerprint density at radius 2 is 1.58 bits per heavy atom. The van der Waals surface area contributed by atoms with Gasteiger partial charge in [-0.2, -0.15) is 0 Å². The maximum absolute atomic E-state index is 11.0. The highest BCUT2D eigenvalue weighted by Gasteiger charge is 2.14. The highest BCUT2D eigenvalue weighted by molar-refractivity contribution is 5.48. The highest BCUT2D eigenvalue weighted by Crippen LogP contribution is 2.28. The van der Waals surface area contributed by atoms with Gasteiger partial charge in [-0.1, -0.05) is 18.2 Å². The summed E-state index contributed by atoms with van der Waals surface area (Å²) < 4.78 is 16.7. The lowest BCUT2D eigenvalue weighted by molar-refractivity contribution is -0.385. The molecule has 0 saturated carbocycles. The standard InChI is InChI=1S/C18H21NO5/c1-3-22-17-7-4-5-8-18(17)24-12-6-11-23-16-10-9-14(2)13-15(16)19(20)21/h4-5,7-10,13H,3,6,11-12H2,1-2H3. The van der Waals surface area contributed by atoms with E-state index in [-0.39, 0.29) is 11.4 Å². The van der Waals surface area contributed by atoms with E-state index in [0.717, 1.165) is 5.56 Å². The second-order valence-electron chi connectivity index (χ2n) is 5.16. The largest absolute Gasteiger partial charge is 0.490 e. The first kappa shape index (κ1) is 17.6. The fourth-order valence-corrected chi connectivity index (χ4v) is 2.16. The van der Waals surface area contributed by atoms with Crippen LogP contribution in [0.15, 0.2) is 42.5 Å². The molecule has 0 spiro atoms. The van der Waals surface area contributed by atoms with Crippen LogP contribution in [-0.2, 0) is 0 Å². The zero-order valence-corrected chi connectivity index (χ0v) is 13.9. The molecule has 2 aromatic carbocycles. The second-order valence-corrected chi connectivity index (χ2v) is 5.16. The van der Waals surface area contributed by atoms with Gasteiger partial charge in [-0.15, -0.1) is 0 Å². The van der Waals surface area contributed by atoms with E-state index < -0.39 is 4.92 Å². The Bertz CT molecular complexity index is 687. The zero-order valence-electron chi connectivity index (χ0n) is 13.9. The van der Waals surface area contributed by atoms with Crippen LogP contribution in [-0.4, -0.2) is 24.7 Å². The molecule has 0 fully saturated rings. The molecule has 0 atom stereocenters. The Labute approximate surface area is 141 Å². The predicted molar refractivity (Wildman–Crippen MR) is 91.1 cm³/mol. The first-order chi connectivity index (χ1) is 11.6. The van der Waals surface area contributed by atoms with Gasteiger partial charge in [-0.25, -0.2) is 0 Å². The van der Waals surface area contributed by atoms with Gasteiger partial charge >= 0.3 is 5.69 Å². The molecule has 2 rings (SSSR count). The Morgan fingerprint density at radius 3 is 2.21 bits per heavy atom. The van der Waals surface area contributed by atoms with Crippen LogP contribution in [0.25, 0.3) is 0 Å². The van der Waals surface area contributed by atoms with Crippen molar-refractivity contribution in [1.29, 1.82) is 0 Å². The molecule has 6 nitrogen and oxygen atoms in total. The summed E-state index contributed by atoms with van der Waals surface area (Å²) in [5.74, 6) is 1.66. The lowest BCUT2D eigenvalue weighted by atomic mass is 10.2. The van der Waals surface area contributed by atoms with E-state index in [2.05, 4.69) is 0 Å². The van der Waals surface area contributed by atoms with Crippen LogP contribution in [0.3, 0.4) is 0 Å². The Kier molecular flexibility index (Phi) is 6.42. The number of hydrogen-bond acceptors (Lipinski definition) is 5. The van der Waals surface area contributed by atoms with E-state index >= 15 is 0 Å². The van der Waals surface area contributed by atoms with Crippen molar-refractivity contribution in [1.82, 2.24) is 0 Å². The maximum atomic E-state index is 11.0. The summed E-state index contributed by atoms with van der Waals surface area (Å²) in [6.07, 6.45) is 0.603. The van der Waals surface area contributed by atoms with E-state index in [1.807, 2.05) is 31.2 Å². The van der Waals surface area contributed by atoms with Crippen LogP contribution in [0.1, 0.15) is 18.9 Å². The van der Waals surface area contributed by atoms with Crippen molar-refractivity contribution in [3.8, 4) is 17.2 Å². The van der Waals surface area contributed by atoms with Crippen molar-refractivity contribution in [2.75, 3.05) is 19.8 Å². The fourth-order valence-electron chi connectivity index (χ4n) is 2.16. The molecule has 0 radical (unpaired) electrons. The van der Waals surface area contributed by atoms with Gasteiger partial charge < -0.3 is 14.2 Å². The van der Waals surface area contributed by atoms with Crippen molar-refractivity contribution in [2.45, 2.75) is 20.3 Å². The lowest BCUT2D eigenvalue weighted by Gasteiger charge is -2.12. The third kappa shape index (κ3) is 4.87.